The van der Waals surface area contributed by atoms with Gasteiger partial charge in [-0.1, -0.05) is 12.1 Å². The Kier molecular flexibility index (Phi) is 2.99. The van der Waals surface area contributed by atoms with Crippen LogP contribution < -0.4 is 11.1 Å². The van der Waals surface area contributed by atoms with E-state index in [1.807, 2.05) is 31.3 Å². The molecule has 0 aliphatic heterocycles. The number of benzene rings is 1. The van der Waals surface area contributed by atoms with Gasteiger partial charge in [-0.05, 0) is 24.9 Å². The summed E-state index contributed by atoms with van der Waals surface area (Å²) in [5.41, 5.74) is 7.43. The van der Waals surface area contributed by atoms with Gasteiger partial charge in [0.1, 0.15) is 5.84 Å². The van der Waals surface area contributed by atoms with Gasteiger partial charge in [0.05, 0.1) is 0 Å². The summed E-state index contributed by atoms with van der Waals surface area (Å²) in [6, 6.07) is 7.66. The van der Waals surface area contributed by atoms with E-state index in [0.717, 1.165) is 11.3 Å². The molecule has 3 nitrogen and oxygen atoms in total. The van der Waals surface area contributed by atoms with E-state index in [4.69, 9.17) is 5.73 Å². The van der Waals surface area contributed by atoms with Crippen molar-refractivity contribution >= 4 is 24.3 Å². The molecule has 0 atom stereocenters. The van der Waals surface area contributed by atoms with Crippen LogP contribution in [0.2, 0.25) is 0 Å². The minimum atomic E-state index is 0.420. The largest absolute Gasteiger partial charge is 0.388 e. The molecule has 0 aromatic heterocycles. The second-order valence-corrected chi connectivity index (χ2v) is 2.48. The van der Waals surface area contributed by atoms with Crippen LogP contribution in [0.15, 0.2) is 28.7 Å². The fraction of sp³-hybridized carbons (Fsp3) is 0.125. The van der Waals surface area contributed by atoms with Crippen LogP contribution in [0, 0.1) is 0 Å². The molecule has 0 heterocycles. The van der Waals surface area contributed by atoms with E-state index >= 15 is 0 Å². The Morgan fingerprint density at radius 2 is 2.17 bits per heavy atom. The van der Waals surface area contributed by atoms with E-state index in [2.05, 4.69) is 22.5 Å². The van der Waals surface area contributed by atoms with Crippen LogP contribution in [0.4, 0.5) is 5.69 Å². The van der Waals surface area contributed by atoms with Gasteiger partial charge in [-0.3, -0.25) is 0 Å². The fourth-order valence-electron chi connectivity index (χ4n) is 0.978. The second-order valence-electron chi connectivity index (χ2n) is 2.28. The summed E-state index contributed by atoms with van der Waals surface area (Å²) >= 11 is 3.75. The SMILES string of the molecule is CNc1ccccc1/C(N)=N/S. The van der Waals surface area contributed by atoms with E-state index in [0.29, 0.717) is 5.84 Å². The Morgan fingerprint density at radius 1 is 1.50 bits per heavy atom. The molecule has 1 aromatic rings. The van der Waals surface area contributed by atoms with Crippen molar-refractivity contribution < 1.29 is 0 Å². The molecular weight excluding hydrogens is 170 g/mol. The maximum absolute atomic E-state index is 5.60. The number of hydrogen-bond donors (Lipinski definition) is 3. The minimum absolute atomic E-state index is 0.420. The number of nitrogens with zero attached hydrogens (tertiary/aromatic N) is 1. The molecule has 0 unspecified atom stereocenters. The lowest BCUT2D eigenvalue weighted by atomic mass is 10.1. The van der Waals surface area contributed by atoms with Crippen LogP contribution in [0.5, 0.6) is 0 Å². The third kappa shape index (κ3) is 1.71. The van der Waals surface area contributed by atoms with Crippen molar-refractivity contribution in [1.29, 1.82) is 0 Å². The number of anilines is 1. The summed E-state index contributed by atoms with van der Waals surface area (Å²) in [6.07, 6.45) is 0. The van der Waals surface area contributed by atoms with Gasteiger partial charge in [0.15, 0.2) is 0 Å². The molecule has 0 spiro atoms. The molecule has 0 radical (unpaired) electrons. The summed E-state index contributed by atoms with van der Waals surface area (Å²) in [5, 5.41) is 3.02. The highest BCUT2D eigenvalue weighted by atomic mass is 32.1. The third-order valence-corrected chi connectivity index (χ3v) is 1.80. The number of thiol groups is 1. The summed E-state index contributed by atoms with van der Waals surface area (Å²) in [7, 11) is 1.84. The molecule has 1 rings (SSSR count). The average molecular weight is 181 g/mol. The first kappa shape index (κ1) is 8.93. The van der Waals surface area contributed by atoms with Gasteiger partial charge in [-0.2, -0.15) is 0 Å². The highest BCUT2D eigenvalue weighted by molar-refractivity contribution is 7.79. The lowest BCUT2D eigenvalue weighted by Gasteiger charge is -2.06. The second kappa shape index (κ2) is 4.01. The van der Waals surface area contributed by atoms with Crippen molar-refractivity contribution in [3.63, 3.8) is 0 Å². The van der Waals surface area contributed by atoms with Crippen LogP contribution in [0.3, 0.4) is 0 Å². The molecule has 0 amide bonds. The predicted molar refractivity (Wildman–Crippen MR) is 55.7 cm³/mol. The highest BCUT2D eigenvalue weighted by Crippen LogP contribution is 2.13. The van der Waals surface area contributed by atoms with Gasteiger partial charge in [0.25, 0.3) is 0 Å². The molecule has 0 aliphatic rings. The van der Waals surface area contributed by atoms with Gasteiger partial charge in [0, 0.05) is 18.3 Å². The van der Waals surface area contributed by atoms with Crippen LogP contribution in [-0.4, -0.2) is 12.9 Å². The summed E-state index contributed by atoms with van der Waals surface area (Å²) in [4.78, 5) is 0. The van der Waals surface area contributed by atoms with Crippen molar-refractivity contribution in [2.75, 3.05) is 12.4 Å². The van der Waals surface area contributed by atoms with Crippen LogP contribution in [0.25, 0.3) is 0 Å². The first-order chi connectivity index (χ1) is 5.79. The van der Waals surface area contributed by atoms with E-state index in [1.165, 1.54) is 0 Å². The van der Waals surface area contributed by atoms with Crippen LogP contribution >= 0.6 is 12.8 Å². The smallest absolute Gasteiger partial charge is 0.140 e. The first-order valence-corrected chi connectivity index (χ1v) is 3.94. The summed E-state index contributed by atoms with van der Waals surface area (Å²) in [6.45, 7) is 0. The third-order valence-electron chi connectivity index (χ3n) is 1.58. The van der Waals surface area contributed by atoms with Crippen molar-refractivity contribution in [2.45, 2.75) is 0 Å². The van der Waals surface area contributed by atoms with Crippen LogP contribution in [0.1, 0.15) is 5.56 Å². The molecule has 0 bridgehead atoms. The van der Waals surface area contributed by atoms with Crippen LogP contribution in [-0.2, 0) is 0 Å². The van der Waals surface area contributed by atoms with Gasteiger partial charge in [-0.15, -0.1) is 0 Å². The van der Waals surface area contributed by atoms with Gasteiger partial charge in [0.2, 0.25) is 0 Å². The monoisotopic (exact) mass is 181 g/mol. The van der Waals surface area contributed by atoms with Crippen molar-refractivity contribution in [3.8, 4) is 0 Å². The van der Waals surface area contributed by atoms with Gasteiger partial charge < -0.3 is 11.1 Å². The highest BCUT2D eigenvalue weighted by Gasteiger charge is 2.01. The van der Waals surface area contributed by atoms with E-state index in [9.17, 15) is 0 Å². The van der Waals surface area contributed by atoms with Gasteiger partial charge in [-0.25, -0.2) is 4.40 Å². The standard InChI is InChI=1S/C8H11N3S/c1-10-7-5-3-2-4-6(7)8(9)11-12/h2-5,10,12H,1H3,(H2,9,11). The molecule has 3 N–H and O–H groups in total. The number of rotatable bonds is 2. The molecule has 0 saturated heterocycles. The molecule has 0 fully saturated rings. The van der Waals surface area contributed by atoms with E-state index in [1.54, 1.807) is 0 Å². The summed E-state index contributed by atoms with van der Waals surface area (Å²) < 4.78 is 3.62. The lowest BCUT2D eigenvalue weighted by molar-refractivity contribution is 1.47. The fourth-order valence-corrected chi connectivity index (χ4v) is 1.09. The number of nitrogens with two attached hydrogens (primary N) is 1. The number of amidine groups is 1. The number of hydrogen-bond acceptors (Lipinski definition) is 3. The maximum Gasteiger partial charge on any atom is 0.140 e. The predicted octanol–water partition coefficient (Wildman–Crippen LogP) is 1.28. The Bertz CT molecular complexity index is 296. The lowest BCUT2D eigenvalue weighted by Crippen LogP contribution is -2.14. The first-order valence-electron chi connectivity index (χ1n) is 3.54. The quantitative estimate of drug-likeness (QED) is 0.366. The Hall–Kier alpha value is -1.16. The molecule has 4 heteroatoms. The zero-order valence-corrected chi connectivity index (χ0v) is 7.68. The van der Waals surface area contributed by atoms with Gasteiger partial charge >= 0.3 is 0 Å². The van der Waals surface area contributed by atoms with E-state index < -0.39 is 0 Å². The Morgan fingerprint density at radius 3 is 2.75 bits per heavy atom. The topological polar surface area (TPSA) is 50.4 Å². The Balaban J connectivity index is 3.13. The Labute approximate surface area is 77.2 Å². The molecular formula is C8H11N3S. The molecule has 0 saturated carbocycles. The zero-order valence-electron chi connectivity index (χ0n) is 6.78. The summed E-state index contributed by atoms with van der Waals surface area (Å²) in [5.74, 6) is 0.420. The number of nitrogens with one attached hydrogen (secondary N) is 1. The maximum atomic E-state index is 5.60. The van der Waals surface area contributed by atoms with Crippen molar-refractivity contribution in [2.24, 2.45) is 10.1 Å². The molecule has 0 aliphatic carbocycles. The van der Waals surface area contributed by atoms with Crippen molar-refractivity contribution in [1.82, 2.24) is 0 Å². The molecule has 12 heavy (non-hydrogen) atoms. The number of para-hydroxylation sites is 1. The van der Waals surface area contributed by atoms with E-state index in [-0.39, 0.29) is 0 Å². The molecule has 1 aromatic carbocycles. The van der Waals surface area contributed by atoms with Crippen molar-refractivity contribution in [3.05, 3.63) is 29.8 Å². The normalized spacial score (nSPS) is 11.3. The zero-order chi connectivity index (χ0) is 8.97. The minimum Gasteiger partial charge on any atom is -0.388 e. The average Bonchev–Trinajstić information content (AvgIpc) is 2.16. The molecule has 64 valence electrons.